The summed E-state index contributed by atoms with van der Waals surface area (Å²) in [5, 5.41) is 8.36. The number of rotatable bonds is 6. The number of halogens is 1. The van der Waals surface area contributed by atoms with Gasteiger partial charge in [0, 0.05) is 0 Å². The van der Waals surface area contributed by atoms with Gasteiger partial charge in [0.05, 0.1) is 18.0 Å². The monoisotopic (exact) mass is 348 g/mol. The van der Waals surface area contributed by atoms with Crippen LogP contribution in [-0.4, -0.2) is 11.6 Å². The first-order chi connectivity index (χ1) is 10.2. The smallest absolute Gasteiger partial charge is 0.150 e. The highest BCUT2D eigenvalue weighted by Gasteiger charge is 1.98. The van der Waals surface area contributed by atoms with Crippen LogP contribution in [0.1, 0.15) is 13.8 Å². The first-order valence-corrected chi connectivity index (χ1v) is 7.64. The molecule has 0 radical (unpaired) electrons. The maximum atomic E-state index is 5.50. The van der Waals surface area contributed by atoms with Gasteiger partial charge in [0.15, 0.2) is 5.01 Å². The first kappa shape index (κ1) is 15.5. The first-order valence-electron chi connectivity index (χ1n) is 6.73. The van der Waals surface area contributed by atoms with E-state index in [0.29, 0.717) is 6.61 Å². The van der Waals surface area contributed by atoms with Gasteiger partial charge in [-0.25, -0.2) is 0 Å². The molecule has 5 heteroatoms. The number of benzene rings is 2. The molecule has 4 nitrogen and oxygen atoms in total. The molecule has 0 amide bonds. The maximum Gasteiger partial charge on any atom is 0.150 e. The number of hydrogen-bond acceptors (Lipinski definition) is 4. The van der Waals surface area contributed by atoms with Crippen molar-refractivity contribution >= 4 is 27.3 Å². The van der Waals surface area contributed by atoms with Crippen LogP contribution in [0.5, 0.6) is 11.5 Å². The Morgan fingerprint density at radius 2 is 1.38 bits per heavy atom. The van der Waals surface area contributed by atoms with Gasteiger partial charge in [-0.15, -0.1) is 0 Å². The Hall–Kier alpha value is -1.88. The van der Waals surface area contributed by atoms with Crippen LogP contribution in [0.4, 0.5) is 11.4 Å². The summed E-state index contributed by atoms with van der Waals surface area (Å²) in [6, 6.07) is 15.0. The van der Waals surface area contributed by atoms with Crippen molar-refractivity contribution in [3.05, 3.63) is 48.5 Å². The van der Waals surface area contributed by atoms with Gasteiger partial charge < -0.3 is 9.47 Å². The average Bonchev–Trinajstić information content (AvgIpc) is 2.48. The molecule has 0 N–H and O–H groups in total. The molecule has 2 rings (SSSR count). The molecule has 2 aromatic carbocycles. The molecule has 0 aliphatic carbocycles. The van der Waals surface area contributed by atoms with Gasteiger partial charge in [0.1, 0.15) is 11.5 Å². The minimum absolute atomic E-state index is 0.0196. The second-order valence-corrected chi connectivity index (χ2v) is 5.57. The molecule has 0 aliphatic heterocycles. The van der Waals surface area contributed by atoms with Gasteiger partial charge in [-0.3, -0.25) is 0 Å². The lowest BCUT2D eigenvalue weighted by Gasteiger charge is -2.07. The fraction of sp³-hybridized carbons (Fsp3) is 0.250. The van der Waals surface area contributed by atoms with Gasteiger partial charge in [-0.05, 0) is 78.3 Å². The van der Waals surface area contributed by atoms with E-state index in [4.69, 9.17) is 9.47 Å². The maximum absolute atomic E-state index is 5.50. The molecular weight excluding hydrogens is 332 g/mol. The zero-order valence-corrected chi connectivity index (χ0v) is 13.6. The molecule has 21 heavy (non-hydrogen) atoms. The Labute approximate surface area is 132 Å². The van der Waals surface area contributed by atoms with Gasteiger partial charge in [-0.1, -0.05) is 0 Å². The topological polar surface area (TPSA) is 43.2 Å². The van der Waals surface area contributed by atoms with E-state index >= 15 is 0 Å². The van der Waals surface area contributed by atoms with Crippen LogP contribution in [0, 0.1) is 0 Å². The van der Waals surface area contributed by atoms with Crippen molar-refractivity contribution in [1.82, 2.24) is 0 Å². The Morgan fingerprint density at radius 1 is 0.905 bits per heavy atom. The molecule has 1 unspecified atom stereocenters. The van der Waals surface area contributed by atoms with Crippen molar-refractivity contribution in [3.8, 4) is 11.5 Å². The van der Waals surface area contributed by atoms with Crippen LogP contribution in [0.25, 0.3) is 0 Å². The summed E-state index contributed by atoms with van der Waals surface area (Å²) in [4.78, 5) is 0. The molecule has 0 saturated heterocycles. The summed E-state index contributed by atoms with van der Waals surface area (Å²) in [5.74, 6) is 1.63. The third-order valence-electron chi connectivity index (χ3n) is 2.56. The summed E-state index contributed by atoms with van der Waals surface area (Å²) in [6.07, 6.45) is 0. The molecule has 0 aromatic heterocycles. The highest BCUT2D eigenvalue weighted by molar-refractivity contribution is 9.09. The van der Waals surface area contributed by atoms with E-state index in [2.05, 4.69) is 26.2 Å². The van der Waals surface area contributed by atoms with Crippen LogP contribution >= 0.6 is 15.9 Å². The molecule has 2 aromatic rings. The van der Waals surface area contributed by atoms with Crippen LogP contribution in [-0.2, 0) is 0 Å². The van der Waals surface area contributed by atoms with Crippen LogP contribution in [0.2, 0.25) is 0 Å². The zero-order chi connectivity index (χ0) is 15.1. The summed E-state index contributed by atoms with van der Waals surface area (Å²) < 4.78 is 10.9. The number of azo groups is 1. The molecule has 0 saturated carbocycles. The Kier molecular flexibility index (Phi) is 5.75. The zero-order valence-electron chi connectivity index (χ0n) is 12.0. The lowest BCUT2D eigenvalue weighted by molar-refractivity contribution is 0.314. The second kappa shape index (κ2) is 7.78. The van der Waals surface area contributed by atoms with Crippen molar-refractivity contribution in [2.24, 2.45) is 10.2 Å². The van der Waals surface area contributed by atoms with E-state index in [1.165, 1.54) is 0 Å². The normalized spacial score (nSPS) is 12.3. The Morgan fingerprint density at radius 3 is 1.81 bits per heavy atom. The quantitative estimate of drug-likeness (QED) is 0.502. The summed E-state index contributed by atoms with van der Waals surface area (Å²) >= 11 is 3.33. The van der Waals surface area contributed by atoms with Crippen molar-refractivity contribution in [3.63, 3.8) is 0 Å². The molecule has 0 heterocycles. The minimum Gasteiger partial charge on any atom is -0.494 e. The molecule has 0 fully saturated rings. The van der Waals surface area contributed by atoms with Crippen LogP contribution in [0.3, 0.4) is 0 Å². The van der Waals surface area contributed by atoms with Crippen LogP contribution < -0.4 is 9.47 Å². The molecule has 0 aliphatic rings. The Bertz CT molecular complexity index is 580. The van der Waals surface area contributed by atoms with E-state index in [-0.39, 0.29) is 5.01 Å². The molecule has 110 valence electrons. The molecule has 0 spiro atoms. The predicted octanol–water partition coefficient (Wildman–Crippen LogP) is 5.62. The summed E-state index contributed by atoms with van der Waals surface area (Å²) in [5.41, 5.74) is 1.56. The third-order valence-corrected chi connectivity index (χ3v) is 2.75. The number of nitrogens with zero attached hydrogens (tertiary/aromatic N) is 2. The number of ether oxygens (including phenoxy) is 2. The fourth-order valence-electron chi connectivity index (χ4n) is 1.67. The van der Waals surface area contributed by atoms with Crippen LogP contribution in [0.15, 0.2) is 58.8 Å². The fourth-order valence-corrected chi connectivity index (χ4v) is 1.89. The lowest BCUT2D eigenvalue weighted by atomic mass is 10.3. The van der Waals surface area contributed by atoms with Crippen molar-refractivity contribution in [2.75, 3.05) is 6.61 Å². The minimum atomic E-state index is -0.0196. The largest absolute Gasteiger partial charge is 0.494 e. The highest BCUT2D eigenvalue weighted by atomic mass is 79.9. The van der Waals surface area contributed by atoms with Gasteiger partial charge >= 0.3 is 0 Å². The second-order valence-electron chi connectivity index (χ2n) is 4.28. The van der Waals surface area contributed by atoms with Crippen molar-refractivity contribution < 1.29 is 9.47 Å². The number of alkyl halides is 1. The highest BCUT2D eigenvalue weighted by Crippen LogP contribution is 2.23. The summed E-state index contributed by atoms with van der Waals surface area (Å²) in [6.45, 7) is 4.53. The van der Waals surface area contributed by atoms with Crippen molar-refractivity contribution in [1.29, 1.82) is 0 Å². The molecular formula is C16H17BrN2O2. The Balaban J connectivity index is 1.99. The van der Waals surface area contributed by atoms with E-state index < -0.39 is 0 Å². The van der Waals surface area contributed by atoms with Gasteiger partial charge in [0.2, 0.25) is 0 Å². The predicted molar refractivity (Wildman–Crippen MR) is 87.2 cm³/mol. The lowest BCUT2D eigenvalue weighted by Crippen LogP contribution is -2.00. The van der Waals surface area contributed by atoms with Gasteiger partial charge in [-0.2, -0.15) is 10.2 Å². The van der Waals surface area contributed by atoms with Gasteiger partial charge in [0.25, 0.3) is 0 Å². The number of hydrogen-bond donors (Lipinski definition) is 0. The standard InChI is InChI=1S/C16H17BrN2O2/c1-3-20-15-8-4-13(5-9-15)18-19-14-6-10-16(11-7-14)21-12(2)17/h4-12H,3H2,1-2H3. The SMILES string of the molecule is CCOc1ccc(N=Nc2ccc(OC(C)Br)cc2)cc1. The van der Waals surface area contributed by atoms with Crippen molar-refractivity contribution in [2.45, 2.75) is 18.9 Å². The molecule has 0 bridgehead atoms. The van der Waals surface area contributed by atoms with E-state index in [1.807, 2.05) is 62.4 Å². The molecule has 1 atom stereocenters. The van der Waals surface area contributed by atoms with E-state index in [1.54, 1.807) is 0 Å². The average molecular weight is 349 g/mol. The summed E-state index contributed by atoms with van der Waals surface area (Å²) in [7, 11) is 0. The van der Waals surface area contributed by atoms with E-state index in [9.17, 15) is 0 Å². The third kappa shape index (κ3) is 5.19. The van der Waals surface area contributed by atoms with E-state index in [0.717, 1.165) is 22.9 Å².